The number of ether oxygens (including phenoxy) is 1. The third kappa shape index (κ3) is 3.22. The molecule has 0 aliphatic carbocycles. The van der Waals surface area contributed by atoms with Gasteiger partial charge < -0.3 is 14.7 Å². The van der Waals surface area contributed by atoms with Crippen LogP contribution in [0.15, 0.2) is 23.4 Å². The molecular weight excluding hydrogens is 337 g/mol. The van der Waals surface area contributed by atoms with E-state index in [1.807, 2.05) is 25.1 Å². The van der Waals surface area contributed by atoms with E-state index in [1.165, 1.54) is 0 Å². The van der Waals surface area contributed by atoms with Crippen LogP contribution in [-0.2, 0) is 9.57 Å². The first-order valence-electron chi connectivity index (χ1n) is 7.93. The zero-order chi connectivity index (χ0) is 16.6. The second-order valence-corrected chi connectivity index (χ2v) is 7.00. The molecule has 2 unspecified atom stereocenters. The van der Waals surface area contributed by atoms with Crippen molar-refractivity contribution in [1.29, 1.82) is 0 Å². The predicted molar refractivity (Wildman–Crippen MR) is 91.3 cm³/mol. The number of hydrogen-bond donors (Lipinski definition) is 1. The van der Waals surface area contributed by atoms with Crippen LogP contribution in [0.1, 0.15) is 37.7 Å². The van der Waals surface area contributed by atoms with Gasteiger partial charge in [-0.25, -0.2) is 0 Å². The highest BCUT2D eigenvalue weighted by Gasteiger charge is 2.50. The lowest BCUT2D eigenvalue weighted by Crippen LogP contribution is -2.42. The fourth-order valence-corrected chi connectivity index (χ4v) is 4.20. The molecule has 1 N–H and O–H groups in total. The minimum atomic E-state index is -0.466. The zero-order valence-corrected chi connectivity index (χ0v) is 14.7. The van der Waals surface area contributed by atoms with Gasteiger partial charge in [0.1, 0.15) is 7.11 Å². The first kappa shape index (κ1) is 17.0. The Hall–Kier alpha value is -0.810. The van der Waals surface area contributed by atoms with Crippen LogP contribution in [0.3, 0.4) is 0 Å². The van der Waals surface area contributed by atoms with Crippen LogP contribution in [0.25, 0.3) is 0 Å². The van der Waals surface area contributed by atoms with E-state index in [-0.39, 0.29) is 24.0 Å². The van der Waals surface area contributed by atoms with E-state index in [0.29, 0.717) is 16.5 Å². The molecule has 2 aliphatic rings. The summed E-state index contributed by atoms with van der Waals surface area (Å²) >= 11 is 12.3. The maximum Gasteiger partial charge on any atom is 0.106 e. The van der Waals surface area contributed by atoms with Gasteiger partial charge in [0.15, 0.2) is 0 Å². The molecule has 23 heavy (non-hydrogen) atoms. The predicted octanol–water partition coefficient (Wildman–Crippen LogP) is 4.03. The minimum absolute atomic E-state index is 0.0223. The Kier molecular flexibility index (Phi) is 5.16. The van der Waals surface area contributed by atoms with E-state index in [2.05, 4.69) is 5.16 Å². The summed E-state index contributed by atoms with van der Waals surface area (Å²) in [5.74, 6) is 0.158. The minimum Gasteiger partial charge on any atom is -0.399 e. The van der Waals surface area contributed by atoms with Gasteiger partial charge in [0.2, 0.25) is 0 Å². The van der Waals surface area contributed by atoms with Gasteiger partial charge in [0.05, 0.1) is 34.1 Å². The Morgan fingerprint density at radius 3 is 2.78 bits per heavy atom. The fraction of sp³-hybridized carbons (Fsp3) is 0.588. The number of rotatable bonds is 4. The molecule has 4 nitrogen and oxygen atoms in total. The molecular formula is C17H21Cl2NO3. The molecule has 0 amide bonds. The fourth-order valence-electron chi connectivity index (χ4n) is 3.89. The third-order valence-corrected chi connectivity index (χ3v) is 5.60. The second-order valence-electron chi connectivity index (χ2n) is 6.19. The maximum atomic E-state index is 10.4. The first-order valence-corrected chi connectivity index (χ1v) is 8.69. The lowest BCUT2D eigenvalue weighted by molar-refractivity contribution is -0.0509. The number of hydrogen-bond acceptors (Lipinski definition) is 4. The average molecular weight is 358 g/mol. The highest BCUT2D eigenvalue weighted by atomic mass is 35.5. The van der Waals surface area contributed by atoms with Crippen LogP contribution < -0.4 is 0 Å². The molecule has 3 rings (SSSR count). The van der Waals surface area contributed by atoms with E-state index in [9.17, 15) is 5.11 Å². The van der Waals surface area contributed by atoms with Gasteiger partial charge in [-0.2, -0.15) is 0 Å². The van der Waals surface area contributed by atoms with Crippen molar-refractivity contribution in [3.05, 3.63) is 33.8 Å². The van der Waals surface area contributed by atoms with E-state index in [4.69, 9.17) is 32.8 Å². The van der Waals surface area contributed by atoms with E-state index < -0.39 is 6.10 Å². The number of oxime groups is 1. The highest BCUT2D eigenvalue weighted by Crippen LogP contribution is 2.47. The average Bonchev–Trinajstić information content (AvgIpc) is 2.83. The lowest BCUT2D eigenvalue weighted by atomic mass is 9.75. The molecule has 1 aromatic carbocycles. The summed E-state index contributed by atoms with van der Waals surface area (Å²) in [6, 6.07) is 5.74. The molecule has 2 heterocycles. The Bertz CT molecular complexity index is 608. The van der Waals surface area contributed by atoms with E-state index in [0.717, 1.165) is 24.1 Å². The van der Waals surface area contributed by atoms with Crippen molar-refractivity contribution in [3.8, 4) is 0 Å². The zero-order valence-electron chi connectivity index (χ0n) is 13.2. The van der Waals surface area contributed by atoms with Crippen LogP contribution >= 0.6 is 23.2 Å². The molecule has 0 aromatic heterocycles. The van der Waals surface area contributed by atoms with Crippen LogP contribution in [0.4, 0.5) is 0 Å². The molecule has 2 fully saturated rings. The number of aliphatic hydroxyl groups excluding tert-OH is 1. The SMILES string of the molecule is CCC(=NOC)[C@H]1[C@H](c2ccc(Cl)c(Cl)c2)CC2CC(O)[C@@H]1O2. The summed E-state index contributed by atoms with van der Waals surface area (Å²) in [6.45, 7) is 2.04. The standard InChI is InChI=1S/C17H21Cl2NO3/c1-3-14(20-22-2)16-11(7-10-8-15(21)17(16)23-10)9-4-5-12(18)13(19)6-9/h4-6,10-11,15-17,21H,3,7-8H2,1-2H3/t10?,11-,15?,16+,17-/m0/s1. The second kappa shape index (κ2) is 6.98. The van der Waals surface area contributed by atoms with Crippen LogP contribution in [0.5, 0.6) is 0 Å². The van der Waals surface area contributed by atoms with Crippen molar-refractivity contribution >= 4 is 28.9 Å². The monoisotopic (exact) mass is 357 g/mol. The molecule has 0 spiro atoms. The smallest absolute Gasteiger partial charge is 0.106 e. The van der Waals surface area contributed by atoms with E-state index >= 15 is 0 Å². The quantitative estimate of drug-likeness (QED) is 0.653. The molecule has 126 valence electrons. The maximum absolute atomic E-state index is 10.4. The number of benzene rings is 1. The Morgan fingerprint density at radius 2 is 2.13 bits per heavy atom. The molecule has 2 aliphatic heterocycles. The molecule has 0 saturated carbocycles. The third-order valence-electron chi connectivity index (χ3n) is 4.86. The van der Waals surface area contributed by atoms with Crippen molar-refractivity contribution in [1.82, 2.24) is 0 Å². The molecule has 2 bridgehead atoms. The van der Waals surface area contributed by atoms with Crippen molar-refractivity contribution in [2.75, 3.05) is 7.11 Å². The molecule has 5 atom stereocenters. The van der Waals surface area contributed by atoms with Gasteiger partial charge in [0.25, 0.3) is 0 Å². The van der Waals surface area contributed by atoms with Crippen LogP contribution in [0.2, 0.25) is 10.0 Å². The number of aliphatic hydroxyl groups is 1. The number of nitrogens with zero attached hydrogens (tertiary/aromatic N) is 1. The van der Waals surface area contributed by atoms with Crippen molar-refractivity contribution in [3.63, 3.8) is 0 Å². The molecule has 1 aromatic rings. The lowest BCUT2D eigenvalue weighted by Gasteiger charge is -2.38. The van der Waals surface area contributed by atoms with Crippen LogP contribution in [0, 0.1) is 5.92 Å². The summed E-state index contributed by atoms with van der Waals surface area (Å²) in [6.07, 6.45) is 1.61. The van der Waals surface area contributed by atoms with Crippen molar-refractivity contribution in [2.45, 2.75) is 50.4 Å². The number of fused-ring (bicyclic) bond motifs is 2. The Balaban J connectivity index is 2.01. The van der Waals surface area contributed by atoms with Gasteiger partial charge in [-0.05, 0) is 36.5 Å². The summed E-state index contributed by atoms with van der Waals surface area (Å²) in [5, 5.41) is 15.7. The topological polar surface area (TPSA) is 51.0 Å². The van der Waals surface area contributed by atoms with Crippen molar-refractivity contribution < 1.29 is 14.7 Å². The largest absolute Gasteiger partial charge is 0.399 e. The first-order chi connectivity index (χ1) is 11.0. The normalized spacial score (nSPS) is 33.8. The Labute approximate surface area is 146 Å². The summed E-state index contributed by atoms with van der Waals surface area (Å²) in [5.41, 5.74) is 2.02. The van der Waals surface area contributed by atoms with Gasteiger partial charge >= 0.3 is 0 Å². The molecule has 0 radical (unpaired) electrons. The summed E-state index contributed by atoms with van der Waals surface area (Å²) < 4.78 is 6.01. The van der Waals surface area contributed by atoms with Gasteiger partial charge in [0, 0.05) is 12.3 Å². The summed E-state index contributed by atoms with van der Waals surface area (Å²) in [7, 11) is 1.54. The van der Waals surface area contributed by atoms with Gasteiger partial charge in [-0.3, -0.25) is 0 Å². The summed E-state index contributed by atoms with van der Waals surface area (Å²) in [4.78, 5) is 5.02. The molecule has 2 saturated heterocycles. The molecule has 6 heteroatoms. The van der Waals surface area contributed by atoms with E-state index in [1.54, 1.807) is 7.11 Å². The number of halogens is 2. The van der Waals surface area contributed by atoms with Crippen LogP contribution in [-0.4, -0.2) is 36.2 Å². The Morgan fingerprint density at radius 1 is 1.35 bits per heavy atom. The van der Waals surface area contributed by atoms with Crippen molar-refractivity contribution in [2.24, 2.45) is 11.1 Å². The van der Waals surface area contributed by atoms with Gasteiger partial charge in [-0.15, -0.1) is 0 Å². The highest BCUT2D eigenvalue weighted by molar-refractivity contribution is 6.42. The van der Waals surface area contributed by atoms with Gasteiger partial charge in [-0.1, -0.05) is 41.3 Å².